The Labute approximate surface area is 145 Å². The van der Waals surface area contributed by atoms with Crippen LogP contribution in [0.3, 0.4) is 0 Å². The van der Waals surface area contributed by atoms with E-state index in [-0.39, 0.29) is 34.5 Å². The highest BCUT2D eigenvalue weighted by Crippen LogP contribution is 2.36. The Morgan fingerprint density at radius 3 is 2.75 bits per heavy atom. The maximum absolute atomic E-state index is 13.6. The molecule has 1 unspecified atom stereocenters. The molecule has 0 fully saturated rings. The van der Waals surface area contributed by atoms with Gasteiger partial charge in [-0.25, -0.2) is 4.39 Å². The Hall–Kier alpha value is -2.49. The van der Waals surface area contributed by atoms with Crippen molar-refractivity contribution in [2.75, 3.05) is 6.54 Å². The fourth-order valence-corrected chi connectivity index (χ4v) is 2.17. The van der Waals surface area contributed by atoms with Crippen LogP contribution in [0.1, 0.15) is 25.5 Å². The molecule has 1 aromatic rings. The summed E-state index contributed by atoms with van der Waals surface area (Å²) in [4.78, 5) is 0. The monoisotopic (exact) mass is 351 g/mol. The minimum absolute atomic E-state index is 0.0154. The summed E-state index contributed by atoms with van der Waals surface area (Å²) < 4.78 is 19.2. The molecule has 0 amide bonds. The Bertz CT molecular complexity index is 748. The summed E-state index contributed by atoms with van der Waals surface area (Å²) in [6.45, 7) is 3.50. The number of hydrogen-bond acceptors (Lipinski definition) is 4. The summed E-state index contributed by atoms with van der Waals surface area (Å²) >= 11 is 5.89. The zero-order chi connectivity index (χ0) is 18.3. The average Bonchev–Trinajstić information content (AvgIpc) is 2.54. The highest BCUT2D eigenvalue weighted by atomic mass is 35.5. The van der Waals surface area contributed by atoms with Crippen LogP contribution in [0.15, 0.2) is 35.6 Å². The normalized spacial score (nSPS) is 13.0. The lowest BCUT2D eigenvalue weighted by atomic mass is 10.1. The van der Waals surface area contributed by atoms with E-state index in [0.29, 0.717) is 5.57 Å². The summed E-state index contributed by atoms with van der Waals surface area (Å²) in [5, 5.41) is 17.3. The van der Waals surface area contributed by atoms with E-state index >= 15 is 0 Å². The molecule has 0 aliphatic heterocycles. The molecule has 0 aliphatic rings. The fraction of sp³-hybridized carbons (Fsp3) is 0.235. The van der Waals surface area contributed by atoms with Crippen LogP contribution in [0.25, 0.3) is 0 Å². The Morgan fingerprint density at radius 2 is 2.21 bits per heavy atom. The largest absolute Gasteiger partial charge is 0.507 e. The number of phenols is 1. The van der Waals surface area contributed by atoms with Gasteiger partial charge >= 0.3 is 0 Å². The molecule has 0 saturated carbocycles. The Kier molecular flexibility index (Phi) is 7.31. The van der Waals surface area contributed by atoms with Crippen molar-refractivity contribution in [3.8, 4) is 17.6 Å². The SMILES string of the molecule is C/C=C(C#CCN)\C=C(\OC(C)c1c(O)ccc(F)c1Cl)C(=N)N. The van der Waals surface area contributed by atoms with Gasteiger partial charge < -0.3 is 21.3 Å². The molecule has 1 aromatic carbocycles. The van der Waals surface area contributed by atoms with Crippen molar-refractivity contribution < 1.29 is 14.2 Å². The molecular weight excluding hydrogens is 333 g/mol. The Morgan fingerprint density at radius 1 is 1.54 bits per heavy atom. The van der Waals surface area contributed by atoms with E-state index in [9.17, 15) is 9.50 Å². The number of rotatable bonds is 5. The number of hydrogen-bond donors (Lipinski definition) is 4. The Balaban J connectivity index is 3.19. The number of nitrogens with two attached hydrogens (primary N) is 2. The fourth-order valence-electron chi connectivity index (χ4n) is 1.85. The van der Waals surface area contributed by atoms with Gasteiger partial charge in [-0.15, -0.1) is 0 Å². The molecule has 24 heavy (non-hydrogen) atoms. The van der Waals surface area contributed by atoms with E-state index < -0.39 is 11.9 Å². The topological polar surface area (TPSA) is 105 Å². The minimum Gasteiger partial charge on any atom is -0.507 e. The summed E-state index contributed by atoms with van der Waals surface area (Å²) in [6.07, 6.45) is 2.32. The third-order valence-electron chi connectivity index (χ3n) is 3.02. The molecule has 0 spiro atoms. The van der Waals surface area contributed by atoms with E-state index in [1.165, 1.54) is 12.1 Å². The van der Waals surface area contributed by atoms with Gasteiger partial charge in [0.2, 0.25) is 0 Å². The van der Waals surface area contributed by atoms with Crippen molar-refractivity contribution >= 4 is 17.4 Å². The van der Waals surface area contributed by atoms with Gasteiger partial charge in [0.15, 0.2) is 11.6 Å². The van der Waals surface area contributed by atoms with Crippen LogP contribution in [0.4, 0.5) is 4.39 Å². The molecule has 7 heteroatoms. The molecule has 0 bridgehead atoms. The number of amidine groups is 1. The van der Waals surface area contributed by atoms with E-state index in [4.69, 9.17) is 33.2 Å². The number of allylic oxidation sites excluding steroid dienone is 3. The summed E-state index contributed by atoms with van der Waals surface area (Å²) in [7, 11) is 0. The molecule has 0 aromatic heterocycles. The van der Waals surface area contributed by atoms with Gasteiger partial charge in [-0.1, -0.05) is 29.5 Å². The van der Waals surface area contributed by atoms with Crippen LogP contribution in [-0.2, 0) is 4.74 Å². The molecule has 0 radical (unpaired) electrons. The molecule has 0 aliphatic carbocycles. The minimum atomic E-state index is -0.844. The molecule has 6 N–H and O–H groups in total. The lowest BCUT2D eigenvalue weighted by molar-refractivity contribution is 0.144. The van der Waals surface area contributed by atoms with E-state index in [0.717, 1.165) is 6.07 Å². The molecule has 1 atom stereocenters. The van der Waals surface area contributed by atoms with E-state index in [1.807, 2.05) is 0 Å². The van der Waals surface area contributed by atoms with Crippen molar-refractivity contribution in [3.05, 3.63) is 52.0 Å². The first-order valence-corrected chi connectivity index (χ1v) is 7.44. The quantitative estimate of drug-likeness (QED) is 0.215. The van der Waals surface area contributed by atoms with Gasteiger partial charge in [0.05, 0.1) is 17.1 Å². The standard InChI is InChI=1S/C17H19ClFN3O2/c1-3-11(5-4-8-20)9-14(17(21)22)24-10(2)15-13(23)7-6-12(19)16(15)18/h3,6-7,9-10,23H,8,20H2,1-2H3,(H3,21,22)/b11-3-,14-9+. The molecule has 5 nitrogen and oxygen atoms in total. The molecular formula is C17H19ClFN3O2. The predicted octanol–water partition coefficient (Wildman–Crippen LogP) is 2.99. The van der Waals surface area contributed by atoms with E-state index in [2.05, 4.69) is 11.8 Å². The maximum atomic E-state index is 13.6. The van der Waals surface area contributed by atoms with Crippen LogP contribution in [0, 0.1) is 23.1 Å². The zero-order valence-corrected chi connectivity index (χ0v) is 14.1. The number of aromatic hydroxyl groups is 1. The number of phenolic OH excluding ortho intramolecular Hbond substituents is 1. The second-order valence-electron chi connectivity index (χ2n) is 4.73. The van der Waals surface area contributed by atoms with Crippen molar-refractivity contribution in [2.45, 2.75) is 20.0 Å². The van der Waals surface area contributed by atoms with Crippen LogP contribution in [0.2, 0.25) is 5.02 Å². The first-order valence-electron chi connectivity index (χ1n) is 7.06. The number of nitrogens with one attached hydrogen (secondary N) is 1. The number of ether oxygens (including phenoxy) is 1. The van der Waals surface area contributed by atoms with Gasteiger partial charge in [-0.3, -0.25) is 5.41 Å². The average molecular weight is 352 g/mol. The third kappa shape index (κ3) is 5.01. The van der Waals surface area contributed by atoms with Gasteiger partial charge in [0.1, 0.15) is 17.7 Å². The van der Waals surface area contributed by atoms with E-state index in [1.54, 1.807) is 19.9 Å². The predicted molar refractivity (Wildman–Crippen MR) is 93.2 cm³/mol. The second-order valence-corrected chi connectivity index (χ2v) is 5.10. The maximum Gasteiger partial charge on any atom is 0.162 e. The van der Waals surface area contributed by atoms with Crippen molar-refractivity contribution in [3.63, 3.8) is 0 Å². The molecule has 1 rings (SSSR count). The highest BCUT2D eigenvalue weighted by molar-refractivity contribution is 6.31. The first-order chi connectivity index (χ1) is 11.3. The van der Waals surface area contributed by atoms with Crippen LogP contribution in [-0.4, -0.2) is 17.5 Å². The highest BCUT2D eigenvalue weighted by Gasteiger charge is 2.20. The van der Waals surface area contributed by atoms with Crippen molar-refractivity contribution in [2.24, 2.45) is 11.5 Å². The summed E-state index contributed by atoms with van der Waals surface area (Å²) in [5.41, 5.74) is 11.5. The molecule has 0 heterocycles. The van der Waals surface area contributed by atoms with Crippen LogP contribution in [0.5, 0.6) is 5.75 Å². The van der Waals surface area contributed by atoms with Crippen molar-refractivity contribution in [1.29, 1.82) is 5.41 Å². The summed E-state index contributed by atoms with van der Waals surface area (Å²) in [5.74, 6) is 4.25. The lowest BCUT2D eigenvalue weighted by Gasteiger charge is -2.19. The smallest absolute Gasteiger partial charge is 0.162 e. The van der Waals surface area contributed by atoms with Gasteiger partial charge in [0.25, 0.3) is 0 Å². The lowest BCUT2D eigenvalue weighted by Crippen LogP contribution is -2.17. The van der Waals surface area contributed by atoms with Crippen molar-refractivity contribution in [1.82, 2.24) is 0 Å². The zero-order valence-electron chi connectivity index (χ0n) is 13.4. The second kappa shape index (κ2) is 8.96. The van der Waals surface area contributed by atoms with Gasteiger partial charge in [-0.05, 0) is 32.1 Å². The number of halogens is 2. The first kappa shape index (κ1) is 19.6. The van der Waals surface area contributed by atoms with Gasteiger partial charge in [0, 0.05) is 5.57 Å². The van der Waals surface area contributed by atoms with Crippen LogP contribution < -0.4 is 11.5 Å². The van der Waals surface area contributed by atoms with Gasteiger partial charge in [-0.2, -0.15) is 0 Å². The molecule has 128 valence electrons. The third-order valence-corrected chi connectivity index (χ3v) is 3.40. The summed E-state index contributed by atoms with van der Waals surface area (Å²) in [6, 6.07) is 2.23. The molecule has 0 saturated heterocycles. The van der Waals surface area contributed by atoms with Crippen LogP contribution >= 0.6 is 11.6 Å². The number of benzene rings is 1.